The molecule has 35 heavy (non-hydrogen) atoms. The van der Waals surface area contributed by atoms with E-state index in [9.17, 15) is 0 Å². The van der Waals surface area contributed by atoms with Crippen LogP contribution in [0.15, 0.2) is 84.9 Å². The van der Waals surface area contributed by atoms with Gasteiger partial charge >= 0.3 is 0 Å². The summed E-state index contributed by atoms with van der Waals surface area (Å²) in [5.74, 6) is 0.990. The summed E-state index contributed by atoms with van der Waals surface area (Å²) < 4.78 is 13.5. The lowest BCUT2D eigenvalue weighted by Crippen LogP contribution is -2.66. The van der Waals surface area contributed by atoms with Crippen molar-refractivity contribution in [2.24, 2.45) is 0 Å². The third-order valence-corrected chi connectivity index (χ3v) is 16.8. The maximum atomic E-state index is 7.03. The first-order valence-electron chi connectivity index (χ1n) is 12.9. The van der Waals surface area contributed by atoms with Gasteiger partial charge < -0.3 is 8.85 Å². The van der Waals surface area contributed by atoms with E-state index in [0.717, 1.165) is 25.2 Å². The molecule has 3 aromatic carbocycles. The molecule has 0 atom stereocenters. The van der Waals surface area contributed by atoms with Gasteiger partial charge in [0.05, 0.1) is 0 Å². The zero-order valence-electron chi connectivity index (χ0n) is 23.0. The van der Waals surface area contributed by atoms with E-state index in [1.165, 1.54) is 15.9 Å². The molecule has 0 saturated carbocycles. The summed E-state index contributed by atoms with van der Waals surface area (Å²) in [6, 6.07) is 30.5. The highest BCUT2D eigenvalue weighted by molar-refractivity contribution is 6.99. The van der Waals surface area contributed by atoms with Crippen LogP contribution in [0.25, 0.3) is 0 Å². The van der Waals surface area contributed by atoms with Crippen LogP contribution in [0.2, 0.25) is 23.2 Å². The minimum Gasteiger partial charge on any atom is -0.544 e. The smallest absolute Gasteiger partial charge is 0.261 e. The molecule has 0 aliphatic rings. The van der Waals surface area contributed by atoms with Gasteiger partial charge in [-0.05, 0) is 64.1 Å². The normalized spacial score (nSPS) is 13.0. The van der Waals surface area contributed by atoms with E-state index in [1.54, 1.807) is 0 Å². The Labute approximate surface area is 216 Å². The minimum absolute atomic E-state index is 0.0123. The molecule has 0 bridgehead atoms. The molecule has 0 fully saturated rings. The zero-order chi connectivity index (χ0) is 25.7. The van der Waals surface area contributed by atoms with Gasteiger partial charge in [0.25, 0.3) is 8.32 Å². The van der Waals surface area contributed by atoms with Crippen LogP contribution in [0, 0.1) is 0 Å². The van der Waals surface area contributed by atoms with E-state index in [2.05, 4.69) is 140 Å². The number of benzene rings is 3. The molecule has 0 aliphatic heterocycles. The van der Waals surface area contributed by atoms with Crippen molar-refractivity contribution in [1.82, 2.24) is 0 Å². The first kappa shape index (κ1) is 27.4. The van der Waals surface area contributed by atoms with Crippen molar-refractivity contribution in [3.8, 4) is 5.75 Å². The largest absolute Gasteiger partial charge is 0.544 e. The van der Waals surface area contributed by atoms with Crippen molar-refractivity contribution in [1.29, 1.82) is 0 Å². The Hall–Kier alpha value is -2.15. The van der Waals surface area contributed by atoms with Gasteiger partial charge in [-0.15, -0.1) is 0 Å². The van der Waals surface area contributed by atoms with Crippen LogP contribution >= 0.6 is 0 Å². The van der Waals surface area contributed by atoms with Crippen LogP contribution < -0.4 is 14.8 Å². The third-order valence-electron chi connectivity index (χ3n) is 7.45. The maximum Gasteiger partial charge on any atom is 0.261 e. The van der Waals surface area contributed by atoms with E-state index in [0.29, 0.717) is 0 Å². The Bertz CT molecular complexity index is 1010. The van der Waals surface area contributed by atoms with Crippen LogP contribution in [-0.2, 0) is 10.8 Å². The van der Waals surface area contributed by atoms with Gasteiger partial charge in [0.2, 0.25) is 8.32 Å². The van der Waals surface area contributed by atoms with Crippen molar-refractivity contribution < 1.29 is 8.85 Å². The average Bonchev–Trinajstić information content (AvgIpc) is 2.80. The number of rotatable bonds is 9. The van der Waals surface area contributed by atoms with Gasteiger partial charge in [0.15, 0.2) is 0 Å². The monoisotopic (exact) mass is 504 g/mol. The van der Waals surface area contributed by atoms with Crippen molar-refractivity contribution >= 4 is 27.0 Å². The van der Waals surface area contributed by atoms with Gasteiger partial charge in [-0.25, -0.2) is 0 Å². The van der Waals surface area contributed by atoms with Gasteiger partial charge in [0.1, 0.15) is 5.75 Å². The van der Waals surface area contributed by atoms with Gasteiger partial charge in [-0.1, -0.05) is 114 Å². The molecule has 0 saturated heterocycles. The number of aryl methyl sites for hydroxylation is 1. The fourth-order valence-electron chi connectivity index (χ4n) is 4.44. The van der Waals surface area contributed by atoms with Gasteiger partial charge in [-0.2, -0.15) is 0 Å². The van der Waals surface area contributed by atoms with Gasteiger partial charge in [-0.3, -0.25) is 0 Å². The lowest BCUT2D eigenvalue weighted by molar-refractivity contribution is 0.292. The first-order chi connectivity index (χ1) is 16.4. The van der Waals surface area contributed by atoms with E-state index < -0.39 is 16.6 Å². The SMILES string of the molecule is CC(C)(C)[Si](C)(C)Oc1ccc(CCCO[Si](c2ccccc2)(c2ccccc2)C(C)(C)C)cc1. The molecule has 0 aliphatic carbocycles. The van der Waals surface area contributed by atoms with E-state index in [1.807, 2.05) is 0 Å². The molecule has 0 aromatic heterocycles. The second kappa shape index (κ2) is 10.9. The van der Waals surface area contributed by atoms with Crippen molar-refractivity contribution in [2.75, 3.05) is 6.61 Å². The predicted molar refractivity (Wildman–Crippen MR) is 156 cm³/mol. The molecule has 3 aromatic rings. The van der Waals surface area contributed by atoms with Crippen LogP contribution in [0.5, 0.6) is 5.75 Å². The molecule has 4 heteroatoms. The summed E-state index contributed by atoms with van der Waals surface area (Å²) in [6.45, 7) is 19.2. The lowest BCUT2D eigenvalue weighted by Gasteiger charge is -2.43. The maximum absolute atomic E-state index is 7.03. The second-order valence-electron chi connectivity index (χ2n) is 12.1. The molecule has 3 rings (SSSR count). The Morgan fingerprint density at radius 2 is 1.11 bits per heavy atom. The summed E-state index contributed by atoms with van der Waals surface area (Å²) >= 11 is 0. The fourth-order valence-corrected chi connectivity index (χ4v) is 10.1. The van der Waals surface area contributed by atoms with Crippen LogP contribution in [0.3, 0.4) is 0 Å². The van der Waals surface area contributed by atoms with Crippen molar-refractivity contribution in [3.63, 3.8) is 0 Å². The minimum atomic E-state index is -2.46. The van der Waals surface area contributed by atoms with E-state index >= 15 is 0 Å². The molecule has 0 radical (unpaired) electrons. The second-order valence-corrected chi connectivity index (χ2v) is 21.2. The van der Waals surface area contributed by atoms with Crippen LogP contribution in [-0.4, -0.2) is 23.2 Å². The lowest BCUT2D eigenvalue weighted by atomic mass is 10.1. The summed E-state index contributed by atoms with van der Waals surface area (Å²) in [5.41, 5.74) is 1.33. The molecule has 2 nitrogen and oxygen atoms in total. The van der Waals surface area contributed by atoms with Crippen LogP contribution in [0.4, 0.5) is 0 Å². The summed E-state index contributed by atoms with van der Waals surface area (Å²) in [6.07, 6.45) is 1.99. The molecule has 188 valence electrons. The summed E-state index contributed by atoms with van der Waals surface area (Å²) in [4.78, 5) is 0. The zero-order valence-corrected chi connectivity index (χ0v) is 25.0. The molecule has 0 unspecified atom stereocenters. The van der Waals surface area contributed by atoms with Gasteiger partial charge in [0, 0.05) is 6.61 Å². The highest BCUT2D eigenvalue weighted by Gasteiger charge is 2.49. The molecule has 0 spiro atoms. The summed E-state index contributed by atoms with van der Waals surface area (Å²) in [7, 11) is -4.27. The van der Waals surface area contributed by atoms with E-state index in [-0.39, 0.29) is 10.1 Å². The molecular weight excluding hydrogens is 461 g/mol. The quantitative estimate of drug-likeness (QED) is 0.221. The highest BCUT2D eigenvalue weighted by Crippen LogP contribution is 2.38. The fraction of sp³-hybridized carbons (Fsp3) is 0.419. The Morgan fingerprint density at radius 1 is 0.629 bits per heavy atom. The number of hydrogen-bond donors (Lipinski definition) is 0. The Kier molecular flexibility index (Phi) is 8.51. The number of hydrogen-bond acceptors (Lipinski definition) is 2. The molecular formula is C31H44O2Si2. The Morgan fingerprint density at radius 3 is 1.54 bits per heavy atom. The first-order valence-corrected chi connectivity index (χ1v) is 17.7. The topological polar surface area (TPSA) is 18.5 Å². The molecule has 0 amide bonds. The standard InChI is InChI=1S/C31H44O2Si2/c1-30(2,3)34(7,8)33-27-23-21-26(22-24-27)16-15-25-32-35(31(4,5)6,28-17-11-9-12-18-28)29-19-13-10-14-20-29/h9-14,17-24H,15-16,25H2,1-8H3. The average molecular weight is 505 g/mol. The highest BCUT2D eigenvalue weighted by atomic mass is 28.4. The van der Waals surface area contributed by atoms with Crippen LogP contribution in [0.1, 0.15) is 53.5 Å². The third kappa shape index (κ3) is 6.35. The van der Waals surface area contributed by atoms with Crippen molar-refractivity contribution in [2.45, 2.75) is 77.6 Å². The predicted octanol–water partition coefficient (Wildman–Crippen LogP) is 7.58. The summed E-state index contributed by atoms with van der Waals surface area (Å²) in [5, 5.41) is 2.89. The molecule has 0 heterocycles. The van der Waals surface area contributed by atoms with Crippen molar-refractivity contribution in [3.05, 3.63) is 90.5 Å². The van der Waals surface area contributed by atoms with E-state index in [4.69, 9.17) is 8.85 Å². The molecule has 0 N–H and O–H groups in total. The Balaban J connectivity index is 1.72.